The summed E-state index contributed by atoms with van der Waals surface area (Å²) in [6, 6.07) is 6.67. The molecule has 3 unspecified atom stereocenters. The molecule has 1 aromatic rings. The second kappa shape index (κ2) is 3.62. The van der Waals surface area contributed by atoms with Crippen molar-refractivity contribution in [1.29, 1.82) is 0 Å². The molecule has 2 aliphatic rings. The van der Waals surface area contributed by atoms with Gasteiger partial charge in [0, 0.05) is 19.8 Å². The van der Waals surface area contributed by atoms with Crippen LogP contribution in [-0.4, -0.2) is 11.9 Å². The molecule has 2 nitrogen and oxygen atoms in total. The van der Waals surface area contributed by atoms with Gasteiger partial charge in [-0.05, 0) is 37.3 Å². The van der Waals surface area contributed by atoms with Crippen LogP contribution in [-0.2, 0) is 11.2 Å². The van der Waals surface area contributed by atoms with Crippen LogP contribution < -0.4 is 5.32 Å². The van der Waals surface area contributed by atoms with Crippen LogP contribution in [0.25, 0.3) is 0 Å². The molecular weight excluding hydrogens is 198 g/mol. The third-order valence-electron chi connectivity index (χ3n) is 3.72. The third-order valence-corrected chi connectivity index (χ3v) is 3.72. The monoisotopic (exact) mass is 216 g/mol. The summed E-state index contributed by atoms with van der Waals surface area (Å²) in [7, 11) is 0. The van der Waals surface area contributed by atoms with Crippen molar-refractivity contribution in [2.75, 3.05) is 0 Å². The van der Waals surface area contributed by atoms with Gasteiger partial charge in [-0.25, -0.2) is 0 Å². The normalized spacial score (nSPS) is 33.4. The highest BCUT2D eigenvalue weighted by molar-refractivity contribution is 5.77. The second-order valence-electron chi connectivity index (χ2n) is 4.88. The van der Waals surface area contributed by atoms with Crippen LogP contribution in [0.3, 0.4) is 0 Å². The number of hydrogen-bond acceptors (Lipinski definition) is 1. The van der Waals surface area contributed by atoms with Gasteiger partial charge in [0.05, 0.1) is 0 Å². The van der Waals surface area contributed by atoms with E-state index >= 15 is 0 Å². The number of carbonyl (C=O) groups is 1. The van der Waals surface area contributed by atoms with E-state index in [9.17, 15) is 4.79 Å². The molecule has 1 heterocycles. The zero-order valence-corrected chi connectivity index (χ0v) is 9.49. The van der Waals surface area contributed by atoms with Crippen molar-refractivity contribution >= 4 is 5.91 Å². The lowest BCUT2D eigenvalue weighted by Crippen LogP contribution is -2.45. The first kappa shape index (κ1) is 8.80. The fourth-order valence-corrected chi connectivity index (χ4v) is 2.94. The van der Waals surface area contributed by atoms with Gasteiger partial charge in [0.2, 0.25) is 5.91 Å². The lowest BCUT2D eigenvalue weighted by molar-refractivity contribution is -0.123. The van der Waals surface area contributed by atoms with E-state index in [-0.39, 0.29) is 24.3 Å². The van der Waals surface area contributed by atoms with Gasteiger partial charge in [0.15, 0.2) is 0 Å². The highest BCUT2D eigenvalue weighted by Gasteiger charge is 2.33. The maximum absolute atomic E-state index is 11.5. The summed E-state index contributed by atoms with van der Waals surface area (Å²) in [4.78, 5) is 11.5. The zero-order valence-electron chi connectivity index (χ0n) is 10.5. The first-order valence-corrected chi connectivity index (χ1v) is 5.96. The van der Waals surface area contributed by atoms with Crippen molar-refractivity contribution in [1.82, 2.24) is 5.32 Å². The van der Waals surface area contributed by atoms with E-state index in [1.807, 2.05) is 0 Å². The molecule has 0 aromatic heterocycles. The Hall–Kier alpha value is -1.31. The van der Waals surface area contributed by atoms with Crippen LogP contribution in [0.2, 0.25) is 0 Å². The van der Waals surface area contributed by atoms with E-state index in [2.05, 4.69) is 30.4 Å². The van der Waals surface area contributed by atoms with E-state index in [0.29, 0.717) is 6.42 Å². The SMILES string of the molecule is [2H]C1CC(=O)NC2CCc3cc(C)ccc3C12. The number of carbonyl (C=O) groups excluding carboxylic acids is 1. The van der Waals surface area contributed by atoms with Crippen LogP contribution in [0, 0.1) is 6.92 Å². The molecule has 1 aliphatic heterocycles. The molecule has 1 amide bonds. The molecule has 0 bridgehead atoms. The smallest absolute Gasteiger partial charge is 0.220 e. The zero-order chi connectivity index (χ0) is 12.0. The number of fused-ring (bicyclic) bond motifs is 3. The van der Waals surface area contributed by atoms with Crippen LogP contribution in [0.1, 0.15) is 43.2 Å². The molecule has 2 heteroatoms. The largest absolute Gasteiger partial charge is 0.353 e. The quantitative estimate of drug-likeness (QED) is 0.708. The standard InChI is InChI=1S/C14H17NO/c1-9-2-4-11-10(8-9)3-6-13-12(11)5-7-14(16)15-13/h2,4,8,12-13H,3,5-7H2,1H3,(H,15,16)/i5D. The molecule has 0 radical (unpaired) electrons. The molecule has 1 aliphatic carbocycles. The van der Waals surface area contributed by atoms with Crippen molar-refractivity contribution < 1.29 is 6.17 Å². The van der Waals surface area contributed by atoms with E-state index < -0.39 is 0 Å². The first-order chi connectivity index (χ1) is 8.15. The Balaban J connectivity index is 2.02. The first-order valence-electron chi connectivity index (χ1n) is 6.54. The lowest BCUT2D eigenvalue weighted by atomic mass is 9.75. The number of amides is 1. The van der Waals surface area contributed by atoms with Gasteiger partial charge < -0.3 is 5.32 Å². The lowest BCUT2D eigenvalue weighted by Gasteiger charge is -2.37. The Bertz CT molecular complexity index is 471. The molecule has 1 aromatic carbocycles. The van der Waals surface area contributed by atoms with Gasteiger partial charge in [-0.1, -0.05) is 23.8 Å². The van der Waals surface area contributed by atoms with Gasteiger partial charge in [-0.15, -0.1) is 0 Å². The van der Waals surface area contributed by atoms with Gasteiger partial charge in [-0.2, -0.15) is 0 Å². The fourth-order valence-electron chi connectivity index (χ4n) is 2.94. The summed E-state index contributed by atoms with van der Waals surface area (Å²) in [6.45, 7) is 2.10. The predicted octanol–water partition coefficient (Wildman–Crippen LogP) is 2.30. The average Bonchev–Trinajstić information content (AvgIpc) is 2.28. The molecule has 3 atom stereocenters. The van der Waals surface area contributed by atoms with Crippen molar-refractivity contribution in [3.8, 4) is 0 Å². The highest BCUT2D eigenvalue weighted by atomic mass is 16.1. The molecular formula is C14H17NO. The molecule has 84 valence electrons. The summed E-state index contributed by atoms with van der Waals surface area (Å²) >= 11 is 0. The van der Waals surface area contributed by atoms with Gasteiger partial charge in [-0.3, -0.25) is 4.79 Å². The highest BCUT2D eigenvalue weighted by Crippen LogP contribution is 2.37. The number of benzene rings is 1. The minimum atomic E-state index is -0.282. The van der Waals surface area contributed by atoms with Crippen LogP contribution in [0.4, 0.5) is 0 Å². The summed E-state index contributed by atoms with van der Waals surface area (Å²) in [5, 5.41) is 3.05. The Morgan fingerprint density at radius 3 is 3.19 bits per heavy atom. The number of aryl methyl sites for hydroxylation is 2. The Morgan fingerprint density at radius 1 is 1.44 bits per heavy atom. The maximum Gasteiger partial charge on any atom is 0.220 e. The van der Waals surface area contributed by atoms with Crippen molar-refractivity contribution in [2.24, 2.45) is 0 Å². The number of hydrogen-bond donors (Lipinski definition) is 1. The predicted molar refractivity (Wildman–Crippen MR) is 63.4 cm³/mol. The molecule has 0 spiro atoms. The summed E-state index contributed by atoms with van der Waals surface area (Å²) in [5.74, 6) is 0.235. The van der Waals surface area contributed by atoms with Gasteiger partial charge in [0.1, 0.15) is 0 Å². The molecule has 1 saturated heterocycles. The minimum absolute atomic E-state index is 0.0433. The Morgan fingerprint density at radius 2 is 2.31 bits per heavy atom. The summed E-state index contributed by atoms with van der Waals surface area (Å²) < 4.78 is 8.15. The fraction of sp³-hybridized carbons (Fsp3) is 0.500. The van der Waals surface area contributed by atoms with Crippen molar-refractivity contribution in [3.63, 3.8) is 0 Å². The van der Waals surface area contributed by atoms with Gasteiger partial charge in [0.25, 0.3) is 0 Å². The molecule has 1 fully saturated rings. The topological polar surface area (TPSA) is 29.1 Å². The van der Waals surface area contributed by atoms with E-state index in [1.165, 1.54) is 16.7 Å². The minimum Gasteiger partial charge on any atom is -0.353 e. The molecule has 0 saturated carbocycles. The van der Waals surface area contributed by atoms with E-state index in [0.717, 1.165) is 12.8 Å². The van der Waals surface area contributed by atoms with Crippen LogP contribution >= 0.6 is 0 Å². The summed E-state index contributed by atoms with van der Waals surface area (Å²) in [5.41, 5.74) is 3.94. The van der Waals surface area contributed by atoms with Crippen molar-refractivity contribution in [3.05, 3.63) is 34.9 Å². The van der Waals surface area contributed by atoms with E-state index in [4.69, 9.17) is 1.37 Å². The van der Waals surface area contributed by atoms with Crippen LogP contribution in [0.15, 0.2) is 18.2 Å². The third kappa shape index (κ3) is 1.53. The molecule has 1 N–H and O–H groups in total. The molecule has 3 rings (SSSR count). The summed E-state index contributed by atoms with van der Waals surface area (Å²) in [6.07, 6.45) is 2.05. The Labute approximate surface area is 97.5 Å². The maximum atomic E-state index is 11.5. The second-order valence-corrected chi connectivity index (χ2v) is 4.88. The number of rotatable bonds is 0. The van der Waals surface area contributed by atoms with E-state index in [1.54, 1.807) is 0 Å². The van der Waals surface area contributed by atoms with Crippen molar-refractivity contribution in [2.45, 2.75) is 44.5 Å². The number of nitrogens with one attached hydrogen (secondary N) is 1. The average molecular weight is 216 g/mol. The van der Waals surface area contributed by atoms with Crippen LogP contribution in [0.5, 0.6) is 0 Å². The number of piperidine rings is 1. The Kier molecular flexibility index (Phi) is 1.99. The molecule has 16 heavy (non-hydrogen) atoms. The van der Waals surface area contributed by atoms with Gasteiger partial charge >= 0.3 is 0 Å².